The first-order valence-electron chi connectivity index (χ1n) is 7.67. The average Bonchev–Trinajstić information content (AvgIpc) is 2.55. The van der Waals surface area contributed by atoms with Gasteiger partial charge in [0.25, 0.3) is 0 Å². The monoisotopic (exact) mass is 351 g/mol. The average molecular weight is 351 g/mol. The van der Waals surface area contributed by atoms with E-state index in [4.69, 9.17) is 0 Å². The topological polar surface area (TPSA) is 33.5 Å². The van der Waals surface area contributed by atoms with Gasteiger partial charge in [-0.2, -0.15) is 0 Å². The number of amides is 1. The van der Waals surface area contributed by atoms with Crippen LogP contribution in [-0.2, 0) is 4.79 Å². The minimum absolute atomic E-state index is 0.0342. The van der Waals surface area contributed by atoms with E-state index in [9.17, 15) is 13.6 Å². The molecule has 1 atom stereocenters. The van der Waals surface area contributed by atoms with E-state index in [1.807, 2.05) is 44.4 Å². The Hall–Kier alpha value is -1.92. The minimum Gasteiger partial charge on any atom is -0.343 e. The van der Waals surface area contributed by atoms with Gasteiger partial charge in [0.05, 0.1) is 19.8 Å². The Labute approximate surface area is 145 Å². The van der Waals surface area contributed by atoms with Crippen LogP contribution in [0.5, 0.6) is 0 Å². The Morgan fingerprint density at radius 1 is 1.17 bits per heavy atom. The molecule has 0 radical (unpaired) electrons. The van der Waals surface area contributed by atoms with Gasteiger partial charge in [0, 0.05) is 4.90 Å². The largest absolute Gasteiger partial charge is 0.343 e. The van der Waals surface area contributed by atoms with Crippen LogP contribution in [0.2, 0.25) is 0 Å². The fourth-order valence-electron chi connectivity index (χ4n) is 2.31. The molecule has 0 unspecified atom stereocenters. The van der Waals surface area contributed by atoms with Crippen molar-refractivity contribution in [1.29, 1.82) is 0 Å². The molecule has 0 fully saturated rings. The molecule has 0 aliphatic carbocycles. The number of likely N-dealkylation sites (N-methyl/N-ethyl adjacent to an activating group) is 1. The molecule has 2 N–H and O–H groups in total. The van der Waals surface area contributed by atoms with Gasteiger partial charge in [0.15, 0.2) is 0 Å². The zero-order chi connectivity index (χ0) is 17.5. The lowest BCUT2D eigenvalue weighted by Gasteiger charge is -2.20. The number of thioether (sulfide) groups is 1. The highest BCUT2D eigenvalue weighted by atomic mass is 32.2. The van der Waals surface area contributed by atoms with Crippen molar-refractivity contribution in [3.63, 3.8) is 0 Å². The lowest BCUT2D eigenvalue weighted by Crippen LogP contribution is -3.06. The van der Waals surface area contributed by atoms with E-state index in [0.29, 0.717) is 0 Å². The van der Waals surface area contributed by atoms with Gasteiger partial charge in [-0.05, 0) is 23.8 Å². The second-order valence-corrected chi connectivity index (χ2v) is 6.82. The molecule has 6 heteroatoms. The summed E-state index contributed by atoms with van der Waals surface area (Å²) in [5.41, 5.74) is 1.02. The zero-order valence-corrected chi connectivity index (χ0v) is 14.5. The summed E-state index contributed by atoms with van der Waals surface area (Å²) in [7, 11) is 4.03. The number of carbonyl (C=O) groups is 1. The van der Waals surface area contributed by atoms with Gasteiger partial charge in [0.2, 0.25) is 5.91 Å². The predicted octanol–water partition coefficient (Wildman–Crippen LogP) is 2.06. The fourth-order valence-corrected chi connectivity index (χ4v) is 3.08. The Morgan fingerprint density at radius 2 is 1.88 bits per heavy atom. The van der Waals surface area contributed by atoms with Gasteiger partial charge in [-0.1, -0.05) is 30.3 Å². The molecule has 0 saturated carbocycles. The smallest absolute Gasteiger partial charge is 0.231 e. The molecular formula is C18H21F2N2OS+. The maximum atomic E-state index is 13.6. The first kappa shape index (κ1) is 18.4. The Balaban J connectivity index is 1.99. The summed E-state index contributed by atoms with van der Waals surface area (Å²) in [5.74, 6) is -1.21. The molecule has 128 valence electrons. The van der Waals surface area contributed by atoms with Crippen molar-refractivity contribution in [3.8, 4) is 0 Å². The Kier molecular flexibility index (Phi) is 6.75. The maximum absolute atomic E-state index is 13.6. The van der Waals surface area contributed by atoms with Crippen LogP contribution in [0.25, 0.3) is 0 Å². The number of hydrogen-bond acceptors (Lipinski definition) is 2. The quantitative estimate of drug-likeness (QED) is 0.749. The third-order valence-corrected chi connectivity index (χ3v) is 4.43. The van der Waals surface area contributed by atoms with Crippen LogP contribution in [-0.4, -0.2) is 32.3 Å². The molecule has 0 aromatic heterocycles. The summed E-state index contributed by atoms with van der Waals surface area (Å²) in [6.45, 7) is 0.731. The zero-order valence-electron chi connectivity index (χ0n) is 13.7. The first-order chi connectivity index (χ1) is 11.5. The van der Waals surface area contributed by atoms with Crippen molar-refractivity contribution in [2.45, 2.75) is 10.9 Å². The highest BCUT2D eigenvalue weighted by Crippen LogP contribution is 2.22. The van der Waals surface area contributed by atoms with Gasteiger partial charge in [-0.25, -0.2) is 8.78 Å². The number of quaternary nitrogens is 1. The summed E-state index contributed by atoms with van der Waals surface area (Å²) < 4.78 is 26.8. The van der Waals surface area contributed by atoms with Gasteiger partial charge in [-0.15, -0.1) is 11.8 Å². The molecule has 24 heavy (non-hydrogen) atoms. The fraction of sp³-hybridized carbons (Fsp3) is 0.278. The summed E-state index contributed by atoms with van der Waals surface area (Å²) in [6, 6.07) is 12.8. The van der Waals surface area contributed by atoms with Crippen LogP contribution in [0, 0.1) is 11.6 Å². The SMILES string of the molecule is C[NH+](C)C[C@H](NC(=O)CSc1cc(F)ccc1F)c1ccccc1. The van der Waals surface area contributed by atoms with Crippen LogP contribution >= 0.6 is 11.8 Å². The molecule has 3 nitrogen and oxygen atoms in total. The van der Waals surface area contributed by atoms with Crippen LogP contribution < -0.4 is 10.2 Å². The second-order valence-electron chi connectivity index (χ2n) is 5.81. The number of benzene rings is 2. The van der Waals surface area contributed by atoms with Crippen molar-refractivity contribution in [3.05, 3.63) is 65.7 Å². The molecule has 0 saturated heterocycles. The molecule has 0 aliphatic rings. The van der Waals surface area contributed by atoms with Crippen molar-refractivity contribution >= 4 is 17.7 Å². The molecule has 0 aliphatic heterocycles. The molecule has 0 heterocycles. The van der Waals surface area contributed by atoms with E-state index < -0.39 is 11.6 Å². The van der Waals surface area contributed by atoms with Crippen molar-refractivity contribution in [2.24, 2.45) is 0 Å². The molecule has 2 aromatic rings. The van der Waals surface area contributed by atoms with Crippen LogP contribution in [0.1, 0.15) is 11.6 Å². The molecule has 1 amide bonds. The number of carbonyl (C=O) groups excluding carboxylic acids is 1. The summed E-state index contributed by atoms with van der Waals surface area (Å²) in [4.78, 5) is 13.6. The van der Waals surface area contributed by atoms with Gasteiger partial charge in [-0.3, -0.25) is 4.79 Å². The van der Waals surface area contributed by atoms with Crippen molar-refractivity contribution in [1.82, 2.24) is 5.32 Å². The summed E-state index contributed by atoms with van der Waals surface area (Å²) in [6.07, 6.45) is 0. The number of rotatable bonds is 7. The summed E-state index contributed by atoms with van der Waals surface area (Å²) in [5, 5.41) is 2.97. The van der Waals surface area contributed by atoms with E-state index in [-0.39, 0.29) is 22.6 Å². The van der Waals surface area contributed by atoms with Gasteiger partial charge in [0.1, 0.15) is 24.2 Å². The van der Waals surface area contributed by atoms with Gasteiger partial charge >= 0.3 is 0 Å². The van der Waals surface area contributed by atoms with Crippen molar-refractivity contribution < 1.29 is 18.5 Å². The van der Waals surface area contributed by atoms with Crippen molar-refractivity contribution in [2.75, 3.05) is 26.4 Å². The third kappa shape index (κ3) is 5.62. The molecule has 2 aromatic carbocycles. The molecular weight excluding hydrogens is 330 g/mol. The maximum Gasteiger partial charge on any atom is 0.231 e. The molecule has 0 spiro atoms. The Morgan fingerprint density at radius 3 is 2.54 bits per heavy atom. The minimum atomic E-state index is -0.522. The van der Waals surface area contributed by atoms with E-state index in [2.05, 4.69) is 5.32 Å². The first-order valence-corrected chi connectivity index (χ1v) is 8.65. The predicted molar refractivity (Wildman–Crippen MR) is 92.1 cm³/mol. The number of hydrogen-bond donors (Lipinski definition) is 2. The molecule has 2 rings (SSSR count). The van der Waals surface area contributed by atoms with E-state index >= 15 is 0 Å². The van der Waals surface area contributed by atoms with Gasteiger partial charge < -0.3 is 10.2 Å². The highest BCUT2D eigenvalue weighted by molar-refractivity contribution is 8.00. The van der Waals surface area contributed by atoms with Crippen LogP contribution in [0.15, 0.2) is 53.4 Å². The normalized spacial score (nSPS) is 12.2. The van der Waals surface area contributed by atoms with Crippen LogP contribution in [0.3, 0.4) is 0 Å². The van der Waals surface area contributed by atoms with Crippen LogP contribution in [0.4, 0.5) is 8.78 Å². The molecule has 0 bridgehead atoms. The second kappa shape index (κ2) is 8.80. The lowest BCUT2D eigenvalue weighted by atomic mass is 10.1. The van der Waals surface area contributed by atoms with E-state index in [1.165, 1.54) is 4.90 Å². The standard InChI is InChI=1S/C18H20F2N2OS/c1-22(2)11-16(13-6-4-3-5-7-13)21-18(23)12-24-17-10-14(19)8-9-15(17)20/h3-10,16H,11-12H2,1-2H3,(H,21,23)/p+1/t16-/m0/s1. The third-order valence-electron chi connectivity index (χ3n) is 3.40. The highest BCUT2D eigenvalue weighted by Gasteiger charge is 2.18. The number of halogens is 2. The number of nitrogens with one attached hydrogen (secondary N) is 2. The summed E-state index contributed by atoms with van der Waals surface area (Å²) >= 11 is 0.992. The van der Waals surface area contributed by atoms with E-state index in [1.54, 1.807) is 0 Å². The van der Waals surface area contributed by atoms with E-state index in [0.717, 1.165) is 42.1 Å². The lowest BCUT2D eigenvalue weighted by molar-refractivity contribution is -0.860. The Bertz CT molecular complexity index is 680.